The first-order valence-corrected chi connectivity index (χ1v) is 9.86. The second-order valence-corrected chi connectivity index (χ2v) is 7.63. The number of amides is 1. The quantitative estimate of drug-likeness (QED) is 0.673. The third-order valence-electron chi connectivity index (χ3n) is 5.39. The van der Waals surface area contributed by atoms with Gasteiger partial charge in [-0.1, -0.05) is 41.9 Å². The Morgan fingerprint density at radius 1 is 1.19 bits per heavy atom. The van der Waals surface area contributed by atoms with E-state index in [0.29, 0.717) is 6.54 Å². The Morgan fingerprint density at radius 3 is 2.74 bits per heavy atom. The summed E-state index contributed by atoms with van der Waals surface area (Å²) in [5.74, 6) is -0.0313. The molecule has 0 aliphatic carbocycles. The summed E-state index contributed by atoms with van der Waals surface area (Å²) in [7, 11) is 0. The van der Waals surface area contributed by atoms with Crippen LogP contribution in [0.2, 0.25) is 5.02 Å². The molecule has 0 bridgehead atoms. The molecule has 3 aromatic rings. The van der Waals surface area contributed by atoms with Gasteiger partial charge in [-0.05, 0) is 56.6 Å². The van der Waals surface area contributed by atoms with Crippen LogP contribution >= 0.6 is 11.6 Å². The number of aryl methyl sites for hydroxylation is 1. The lowest BCUT2D eigenvalue weighted by Crippen LogP contribution is -2.37. The molecule has 1 amide bonds. The molecule has 1 atom stereocenters. The van der Waals surface area contributed by atoms with Gasteiger partial charge in [-0.2, -0.15) is 0 Å². The number of nitrogens with zero attached hydrogens (tertiary/aromatic N) is 1. The van der Waals surface area contributed by atoms with Crippen LogP contribution in [0.15, 0.2) is 48.5 Å². The topological polar surface area (TPSA) is 48.1 Å². The molecule has 1 aliphatic heterocycles. The largest absolute Gasteiger partial charge is 0.358 e. The number of para-hydroxylation sites is 1. The Bertz CT molecular complexity index is 959. The predicted octanol–water partition coefficient (Wildman–Crippen LogP) is 4.70. The first kappa shape index (κ1) is 18.1. The van der Waals surface area contributed by atoms with E-state index in [9.17, 15) is 4.79 Å². The van der Waals surface area contributed by atoms with Crippen LogP contribution in [0.3, 0.4) is 0 Å². The zero-order valence-electron chi connectivity index (χ0n) is 15.5. The Morgan fingerprint density at radius 2 is 1.96 bits per heavy atom. The fourth-order valence-electron chi connectivity index (χ4n) is 4.07. The highest BCUT2D eigenvalue weighted by molar-refractivity contribution is 6.30. The lowest BCUT2D eigenvalue weighted by atomic mass is 10.0. The Labute approximate surface area is 164 Å². The van der Waals surface area contributed by atoms with Crippen LogP contribution < -0.4 is 5.32 Å². The van der Waals surface area contributed by atoms with Crippen LogP contribution in [0.5, 0.6) is 0 Å². The Balaban J connectivity index is 1.56. The van der Waals surface area contributed by atoms with E-state index in [0.717, 1.165) is 45.8 Å². The molecule has 2 aromatic carbocycles. The highest BCUT2D eigenvalue weighted by Crippen LogP contribution is 2.27. The van der Waals surface area contributed by atoms with E-state index in [2.05, 4.69) is 21.3 Å². The average molecular weight is 382 g/mol. The van der Waals surface area contributed by atoms with Crippen molar-refractivity contribution in [1.29, 1.82) is 0 Å². The van der Waals surface area contributed by atoms with Crippen molar-refractivity contribution < 1.29 is 4.79 Å². The molecule has 1 aliphatic rings. The molecule has 5 heteroatoms. The van der Waals surface area contributed by atoms with Crippen molar-refractivity contribution in [2.75, 3.05) is 19.6 Å². The van der Waals surface area contributed by atoms with Crippen molar-refractivity contribution >= 4 is 28.4 Å². The first-order valence-electron chi connectivity index (χ1n) is 9.48. The van der Waals surface area contributed by atoms with E-state index in [1.54, 1.807) is 0 Å². The second kappa shape index (κ2) is 7.75. The fourth-order valence-corrected chi connectivity index (χ4v) is 4.27. The van der Waals surface area contributed by atoms with Crippen molar-refractivity contribution in [1.82, 2.24) is 15.2 Å². The molecule has 0 radical (unpaired) electrons. The molecule has 1 saturated heterocycles. The van der Waals surface area contributed by atoms with Gasteiger partial charge in [0.15, 0.2) is 0 Å². The molecule has 0 spiro atoms. The molecule has 0 saturated carbocycles. The van der Waals surface area contributed by atoms with E-state index >= 15 is 0 Å². The van der Waals surface area contributed by atoms with E-state index < -0.39 is 0 Å². The summed E-state index contributed by atoms with van der Waals surface area (Å²) < 4.78 is 0. The van der Waals surface area contributed by atoms with Gasteiger partial charge in [-0.15, -0.1) is 0 Å². The van der Waals surface area contributed by atoms with Gasteiger partial charge >= 0.3 is 0 Å². The summed E-state index contributed by atoms with van der Waals surface area (Å²) in [5, 5.41) is 4.87. The molecule has 4 rings (SSSR count). The van der Waals surface area contributed by atoms with Crippen molar-refractivity contribution in [3.05, 3.63) is 70.4 Å². The van der Waals surface area contributed by atoms with E-state index in [1.807, 2.05) is 49.4 Å². The smallest absolute Gasteiger partial charge is 0.253 e. The number of carbonyl (C=O) groups excluding carboxylic acids is 1. The summed E-state index contributed by atoms with van der Waals surface area (Å²) in [5.41, 5.74) is 3.78. The summed E-state index contributed by atoms with van der Waals surface area (Å²) in [6.45, 7) is 4.63. The van der Waals surface area contributed by atoms with Crippen LogP contribution in [0.4, 0.5) is 0 Å². The minimum atomic E-state index is -0.0313. The maximum Gasteiger partial charge on any atom is 0.253 e. The van der Waals surface area contributed by atoms with Crippen LogP contribution in [-0.4, -0.2) is 35.4 Å². The summed E-state index contributed by atoms with van der Waals surface area (Å²) in [4.78, 5) is 18.7. The molecule has 1 aromatic heterocycles. The maximum absolute atomic E-state index is 13.0. The van der Waals surface area contributed by atoms with Crippen LogP contribution in [0.25, 0.3) is 10.9 Å². The van der Waals surface area contributed by atoms with Crippen molar-refractivity contribution in [2.45, 2.75) is 25.8 Å². The highest BCUT2D eigenvalue weighted by Gasteiger charge is 2.25. The average Bonchev–Trinajstić information content (AvgIpc) is 3.29. The molecule has 27 heavy (non-hydrogen) atoms. The van der Waals surface area contributed by atoms with Gasteiger partial charge in [0.2, 0.25) is 0 Å². The number of halogens is 1. The lowest BCUT2D eigenvalue weighted by Gasteiger charge is -2.28. The molecule has 4 nitrogen and oxygen atoms in total. The number of nitrogens with one attached hydrogen (secondary N) is 2. The molecular formula is C22H24ClN3O. The fraction of sp³-hybridized carbons (Fsp3) is 0.318. The molecule has 2 heterocycles. The van der Waals surface area contributed by atoms with Gasteiger partial charge < -0.3 is 10.3 Å². The minimum absolute atomic E-state index is 0.0313. The number of hydrogen-bond donors (Lipinski definition) is 2. The van der Waals surface area contributed by atoms with E-state index in [-0.39, 0.29) is 11.9 Å². The third-order valence-corrected chi connectivity index (χ3v) is 5.63. The first-order chi connectivity index (χ1) is 13.1. The van der Waals surface area contributed by atoms with E-state index in [4.69, 9.17) is 11.6 Å². The van der Waals surface area contributed by atoms with Crippen molar-refractivity contribution in [3.63, 3.8) is 0 Å². The summed E-state index contributed by atoms with van der Waals surface area (Å²) >= 11 is 6.22. The third kappa shape index (κ3) is 3.73. The number of benzene rings is 2. The number of hydrogen-bond acceptors (Lipinski definition) is 2. The second-order valence-electron chi connectivity index (χ2n) is 7.19. The number of aromatic amines is 1. The van der Waals surface area contributed by atoms with Gasteiger partial charge in [-0.3, -0.25) is 9.69 Å². The van der Waals surface area contributed by atoms with Gasteiger partial charge in [0.05, 0.1) is 11.6 Å². The van der Waals surface area contributed by atoms with Crippen LogP contribution in [0.1, 0.15) is 40.5 Å². The minimum Gasteiger partial charge on any atom is -0.358 e. The number of likely N-dealkylation sites (tertiary alicyclic amines) is 1. The monoisotopic (exact) mass is 381 g/mol. The van der Waals surface area contributed by atoms with Gasteiger partial charge in [0, 0.05) is 28.2 Å². The van der Waals surface area contributed by atoms with Crippen LogP contribution in [-0.2, 0) is 0 Å². The standard InChI is InChI=1S/C22H24ClN3O/c1-15-21(18-9-2-3-10-19(18)25-15)22(27)24-14-20(26-11-4-5-12-26)16-7-6-8-17(23)13-16/h2-3,6-10,13,20,25H,4-5,11-12,14H2,1H3,(H,24,27). The SMILES string of the molecule is Cc1[nH]c2ccccc2c1C(=O)NCC(c1cccc(Cl)c1)N1CCCC1. The molecule has 1 fully saturated rings. The molecule has 2 N–H and O–H groups in total. The van der Waals surface area contributed by atoms with Gasteiger partial charge in [-0.25, -0.2) is 0 Å². The Kier molecular flexibility index (Phi) is 5.19. The summed E-state index contributed by atoms with van der Waals surface area (Å²) in [6, 6.07) is 16.0. The number of carbonyl (C=O) groups is 1. The van der Waals surface area contributed by atoms with Crippen LogP contribution in [0, 0.1) is 6.92 Å². The lowest BCUT2D eigenvalue weighted by molar-refractivity contribution is 0.0939. The predicted molar refractivity (Wildman–Crippen MR) is 110 cm³/mol. The van der Waals surface area contributed by atoms with Crippen molar-refractivity contribution in [2.24, 2.45) is 0 Å². The van der Waals surface area contributed by atoms with Gasteiger partial charge in [0.1, 0.15) is 0 Å². The molecule has 1 unspecified atom stereocenters. The molecule has 140 valence electrons. The number of rotatable bonds is 5. The number of H-pyrrole nitrogens is 1. The highest BCUT2D eigenvalue weighted by atomic mass is 35.5. The summed E-state index contributed by atoms with van der Waals surface area (Å²) in [6.07, 6.45) is 2.40. The van der Waals surface area contributed by atoms with Crippen molar-refractivity contribution in [3.8, 4) is 0 Å². The van der Waals surface area contributed by atoms with E-state index in [1.165, 1.54) is 12.8 Å². The maximum atomic E-state index is 13.0. The number of fused-ring (bicyclic) bond motifs is 1. The molecular weight excluding hydrogens is 358 g/mol. The number of aromatic nitrogens is 1. The zero-order valence-corrected chi connectivity index (χ0v) is 16.2. The normalized spacial score (nSPS) is 15.9. The zero-order chi connectivity index (χ0) is 18.8. The van der Waals surface area contributed by atoms with Gasteiger partial charge in [0.25, 0.3) is 5.91 Å². The Hall–Kier alpha value is -2.30.